The van der Waals surface area contributed by atoms with Crippen molar-refractivity contribution in [2.75, 3.05) is 19.6 Å². The minimum Gasteiger partial charge on any atom is -0.352 e. The molecule has 1 aromatic carbocycles. The number of hydrazine groups is 1. The molecule has 0 radical (unpaired) electrons. The number of nitrogens with one attached hydrogen (secondary N) is 3. The molecular weight excluding hydrogens is 292 g/mol. The summed E-state index contributed by atoms with van der Waals surface area (Å²) < 4.78 is 0. The molecule has 2 atom stereocenters. The fraction of sp³-hybridized carbons (Fsp3) is 0.529. The Hall–Kier alpha value is -1.92. The predicted octanol–water partition coefficient (Wildman–Crippen LogP) is 0.825. The molecule has 0 aliphatic carbocycles. The largest absolute Gasteiger partial charge is 0.352 e. The molecule has 1 aliphatic heterocycles. The van der Waals surface area contributed by atoms with Gasteiger partial charge >= 0.3 is 0 Å². The molecule has 1 heterocycles. The second kappa shape index (κ2) is 8.08. The van der Waals surface area contributed by atoms with Gasteiger partial charge in [0.15, 0.2) is 0 Å². The summed E-state index contributed by atoms with van der Waals surface area (Å²) in [5, 5.41) is 2.83. The lowest BCUT2D eigenvalue weighted by Crippen LogP contribution is -2.46. The van der Waals surface area contributed by atoms with E-state index in [9.17, 15) is 9.59 Å². The maximum absolute atomic E-state index is 12.8. The number of carbonyl (C=O) groups is 2. The van der Waals surface area contributed by atoms with Gasteiger partial charge in [0.1, 0.15) is 0 Å². The molecule has 1 aliphatic rings. The van der Waals surface area contributed by atoms with Crippen LogP contribution in [0.5, 0.6) is 0 Å². The molecular formula is C17H26N4O2. The van der Waals surface area contributed by atoms with Gasteiger partial charge in [0.25, 0.3) is 0 Å². The Kier molecular flexibility index (Phi) is 6.12. The highest BCUT2D eigenvalue weighted by atomic mass is 16.2. The van der Waals surface area contributed by atoms with E-state index in [1.807, 2.05) is 51.1 Å². The first-order chi connectivity index (χ1) is 11.0. The SMILES string of the molecule is CCN(CC(=O)NC(C)C)C(=O)C1CNNC1c1ccccc1. The molecule has 1 saturated heterocycles. The van der Waals surface area contributed by atoms with Crippen LogP contribution in [0.2, 0.25) is 0 Å². The molecule has 126 valence electrons. The average Bonchev–Trinajstić information content (AvgIpc) is 3.01. The van der Waals surface area contributed by atoms with E-state index in [1.54, 1.807) is 4.90 Å². The zero-order chi connectivity index (χ0) is 16.8. The number of hydrogen-bond donors (Lipinski definition) is 3. The summed E-state index contributed by atoms with van der Waals surface area (Å²) in [7, 11) is 0. The van der Waals surface area contributed by atoms with E-state index in [2.05, 4.69) is 16.2 Å². The molecule has 23 heavy (non-hydrogen) atoms. The van der Waals surface area contributed by atoms with Crippen LogP contribution in [0.25, 0.3) is 0 Å². The molecule has 1 aromatic rings. The molecule has 6 nitrogen and oxygen atoms in total. The minimum absolute atomic E-state index is 0.00207. The summed E-state index contributed by atoms with van der Waals surface area (Å²) in [6.07, 6.45) is 0. The van der Waals surface area contributed by atoms with Gasteiger partial charge in [-0.15, -0.1) is 0 Å². The first kappa shape index (κ1) is 17.4. The van der Waals surface area contributed by atoms with Gasteiger partial charge in [0, 0.05) is 19.1 Å². The predicted molar refractivity (Wildman–Crippen MR) is 89.3 cm³/mol. The fourth-order valence-corrected chi connectivity index (χ4v) is 2.82. The molecule has 0 bridgehead atoms. The molecule has 3 N–H and O–H groups in total. The normalized spacial score (nSPS) is 20.5. The molecule has 2 unspecified atom stereocenters. The van der Waals surface area contributed by atoms with Gasteiger partial charge in [-0.25, -0.2) is 5.43 Å². The van der Waals surface area contributed by atoms with Crippen LogP contribution in [0.4, 0.5) is 0 Å². The lowest BCUT2D eigenvalue weighted by atomic mass is 9.93. The second-order valence-electron chi connectivity index (χ2n) is 6.09. The van der Waals surface area contributed by atoms with Gasteiger partial charge in [0.05, 0.1) is 18.5 Å². The molecule has 1 fully saturated rings. The summed E-state index contributed by atoms with van der Waals surface area (Å²) in [4.78, 5) is 26.4. The van der Waals surface area contributed by atoms with Crippen LogP contribution in [-0.4, -0.2) is 42.4 Å². The van der Waals surface area contributed by atoms with Crippen LogP contribution in [0, 0.1) is 5.92 Å². The molecule has 0 saturated carbocycles. The summed E-state index contributed by atoms with van der Waals surface area (Å²) in [6.45, 7) is 6.89. The summed E-state index contributed by atoms with van der Waals surface area (Å²) in [6, 6.07) is 9.89. The van der Waals surface area contributed by atoms with Gasteiger partial charge in [-0.3, -0.25) is 15.0 Å². The number of carbonyl (C=O) groups excluding carboxylic acids is 2. The van der Waals surface area contributed by atoms with Gasteiger partial charge < -0.3 is 10.2 Å². The van der Waals surface area contributed by atoms with E-state index in [1.165, 1.54) is 0 Å². The maximum Gasteiger partial charge on any atom is 0.239 e. The molecule has 2 rings (SSSR count). The van der Waals surface area contributed by atoms with Crippen molar-refractivity contribution in [2.24, 2.45) is 5.92 Å². The number of amides is 2. The first-order valence-electron chi connectivity index (χ1n) is 8.14. The number of likely N-dealkylation sites (N-methyl/N-ethyl adjacent to an activating group) is 1. The van der Waals surface area contributed by atoms with E-state index >= 15 is 0 Å². The van der Waals surface area contributed by atoms with Crippen molar-refractivity contribution in [3.63, 3.8) is 0 Å². The highest BCUT2D eigenvalue weighted by Gasteiger charge is 2.36. The Bertz CT molecular complexity index is 533. The van der Waals surface area contributed by atoms with Crippen LogP contribution < -0.4 is 16.2 Å². The Balaban J connectivity index is 2.06. The molecule has 0 aromatic heterocycles. The Morgan fingerprint density at radius 2 is 2.00 bits per heavy atom. The van der Waals surface area contributed by atoms with Crippen LogP contribution >= 0.6 is 0 Å². The summed E-state index contributed by atoms with van der Waals surface area (Å²) in [5.41, 5.74) is 7.31. The van der Waals surface area contributed by atoms with E-state index in [-0.39, 0.29) is 36.4 Å². The summed E-state index contributed by atoms with van der Waals surface area (Å²) in [5.74, 6) is -0.340. The quantitative estimate of drug-likeness (QED) is 0.726. The van der Waals surface area contributed by atoms with E-state index < -0.39 is 0 Å². The Labute approximate surface area is 137 Å². The van der Waals surface area contributed by atoms with Crippen molar-refractivity contribution in [1.29, 1.82) is 0 Å². The third-order valence-electron chi connectivity index (χ3n) is 3.94. The van der Waals surface area contributed by atoms with E-state index in [0.717, 1.165) is 5.56 Å². The number of hydrogen-bond acceptors (Lipinski definition) is 4. The van der Waals surface area contributed by atoms with Crippen molar-refractivity contribution in [2.45, 2.75) is 32.9 Å². The zero-order valence-corrected chi connectivity index (χ0v) is 14.0. The number of benzene rings is 1. The topological polar surface area (TPSA) is 73.5 Å². The highest BCUT2D eigenvalue weighted by Crippen LogP contribution is 2.26. The molecule has 2 amide bonds. The number of nitrogens with zero attached hydrogens (tertiary/aromatic N) is 1. The van der Waals surface area contributed by atoms with Gasteiger partial charge in [-0.1, -0.05) is 30.3 Å². The van der Waals surface area contributed by atoms with Crippen LogP contribution in [0.1, 0.15) is 32.4 Å². The minimum atomic E-state index is -0.218. The van der Waals surface area contributed by atoms with Crippen molar-refractivity contribution in [1.82, 2.24) is 21.1 Å². The molecule has 0 spiro atoms. The fourth-order valence-electron chi connectivity index (χ4n) is 2.82. The zero-order valence-electron chi connectivity index (χ0n) is 14.0. The lowest BCUT2D eigenvalue weighted by molar-refractivity contribution is -0.139. The smallest absolute Gasteiger partial charge is 0.239 e. The summed E-state index contributed by atoms with van der Waals surface area (Å²) >= 11 is 0. The molecule has 6 heteroatoms. The average molecular weight is 318 g/mol. The second-order valence-corrected chi connectivity index (χ2v) is 6.09. The third-order valence-corrected chi connectivity index (χ3v) is 3.94. The monoisotopic (exact) mass is 318 g/mol. The lowest BCUT2D eigenvalue weighted by Gasteiger charge is -2.26. The van der Waals surface area contributed by atoms with Gasteiger partial charge in [0.2, 0.25) is 11.8 Å². The highest BCUT2D eigenvalue weighted by molar-refractivity contribution is 5.86. The first-order valence-corrected chi connectivity index (χ1v) is 8.14. The van der Waals surface area contributed by atoms with Gasteiger partial charge in [-0.2, -0.15) is 0 Å². The van der Waals surface area contributed by atoms with E-state index in [0.29, 0.717) is 13.1 Å². The van der Waals surface area contributed by atoms with Crippen molar-refractivity contribution >= 4 is 11.8 Å². The Morgan fingerprint density at radius 3 is 2.61 bits per heavy atom. The van der Waals surface area contributed by atoms with Gasteiger partial charge in [-0.05, 0) is 26.3 Å². The van der Waals surface area contributed by atoms with Crippen LogP contribution in [0.15, 0.2) is 30.3 Å². The van der Waals surface area contributed by atoms with Crippen LogP contribution in [0.3, 0.4) is 0 Å². The van der Waals surface area contributed by atoms with Crippen molar-refractivity contribution < 1.29 is 9.59 Å². The van der Waals surface area contributed by atoms with Crippen molar-refractivity contribution in [3.8, 4) is 0 Å². The van der Waals surface area contributed by atoms with Crippen molar-refractivity contribution in [3.05, 3.63) is 35.9 Å². The Morgan fingerprint density at radius 1 is 1.30 bits per heavy atom. The third kappa shape index (κ3) is 4.53. The standard InChI is InChI=1S/C17H26N4O2/c1-4-21(11-15(22)19-12(2)3)17(23)14-10-18-20-16(14)13-8-6-5-7-9-13/h5-9,12,14,16,18,20H,4,10-11H2,1-3H3,(H,19,22). The maximum atomic E-state index is 12.8. The van der Waals surface area contributed by atoms with Crippen LogP contribution in [-0.2, 0) is 9.59 Å². The van der Waals surface area contributed by atoms with E-state index in [4.69, 9.17) is 0 Å². The number of rotatable bonds is 6.